The predicted octanol–water partition coefficient (Wildman–Crippen LogP) is 2.11. The van der Waals surface area contributed by atoms with Crippen molar-refractivity contribution in [2.75, 3.05) is 13.1 Å². The van der Waals surface area contributed by atoms with Gasteiger partial charge >= 0.3 is 0 Å². The van der Waals surface area contributed by atoms with Crippen LogP contribution in [0.25, 0.3) is 0 Å². The van der Waals surface area contributed by atoms with Crippen LogP contribution < -0.4 is 15.4 Å². The molecule has 1 aromatic carbocycles. The molecule has 0 aliphatic rings. The van der Waals surface area contributed by atoms with Gasteiger partial charge in [0.2, 0.25) is 5.91 Å². The Morgan fingerprint density at radius 3 is 2.33 bits per heavy atom. The van der Waals surface area contributed by atoms with E-state index in [1.54, 1.807) is 13.0 Å². The number of nitrogens with one attached hydrogen (secondary N) is 2. The first-order chi connectivity index (χ1) is 11.4. The summed E-state index contributed by atoms with van der Waals surface area (Å²) >= 11 is 0. The topological polar surface area (TPSA) is 91.2 Å². The normalized spacial score (nSPS) is 11.5. The summed E-state index contributed by atoms with van der Waals surface area (Å²) in [7, 11) is 0. The van der Waals surface area contributed by atoms with Crippen LogP contribution in [0.3, 0.4) is 0 Å². The van der Waals surface area contributed by atoms with Crippen molar-refractivity contribution in [1.29, 1.82) is 5.26 Å². The quantitative estimate of drug-likeness (QED) is 0.678. The van der Waals surface area contributed by atoms with Gasteiger partial charge in [-0.25, -0.2) is 0 Å². The molecular weight excluding hydrogens is 306 g/mol. The van der Waals surface area contributed by atoms with Crippen LogP contribution in [-0.4, -0.2) is 31.0 Å². The first-order valence-electron chi connectivity index (χ1n) is 8.12. The van der Waals surface area contributed by atoms with Crippen molar-refractivity contribution in [3.8, 4) is 11.8 Å². The van der Waals surface area contributed by atoms with E-state index in [1.807, 2.05) is 24.3 Å². The molecule has 2 amide bonds. The number of carbonyl (C=O) groups is 2. The molecule has 0 aromatic heterocycles. The van der Waals surface area contributed by atoms with Crippen LogP contribution in [0.15, 0.2) is 24.3 Å². The van der Waals surface area contributed by atoms with E-state index in [4.69, 9.17) is 10.00 Å². The van der Waals surface area contributed by atoms with Crippen LogP contribution in [0.5, 0.6) is 5.75 Å². The Balaban J connectivity index is 2.27. The standard InChI is InChI=1S/C18H25N3O3/c1-13(2)15-5-7-16(8-6-15)24-14(3)18(23)21-12-4-11-20-17(22)9-10-19/h5-8,13-14H,4,9,11-12H2,1-3H3,(H,20,22)(H,21,23). The minimum Gasteiger partial charge on any atom is -0.481 e. The van der Waals surface area contributed by atoms with Crippen LogP contribution in [0.4, 0.5) is 0 Å². The molecule has 0 radical (unpaired) electrons. The Kier molecular flexibility index (Phi) is 8.34. The molecule has 6 nitrogen and oxygen atoms in total. The molecule has 0 saturated heterocycles. The van der Waals surface area contributed by atoms with E-state index in [1.165, 1.54) is 5.56 Å². The highest BCUT2D eigenvalue weighted by Gasteiger charge is 2.14. The van der Waals surface area contributed by atoms with Gasteiger partial charge in [0.15, 0.2) is 6.10 Å². The summed E-state index contributed by atoms with van der Waals surface area (Å²) in [6.07, 6.45) is -0.144. The lowest BCUT2D eigenvalue weighted by Gasteiger charge is -2.15. The molecule has 1 unspecified atom stereocenters. The minimum absolute atomic E-state index is 0.146. The lowest BCUT2D eigenvalue weighted by atomic mass is 10.0. The van der Waals surface area contributed by atoms with Gasteiger partial charge in [-0.2, -0.15) is 5.26 Å². The summed E-state index contributed by atoms with van der Waals surface area (Å²) in [6.45, 7) is 6.79. The summed E-state index contributed by atoms with van der Waals surface area (Å²) in [5.41, 5.74) is 1.22. The third kappa shape index (κ3) is 7.14. The SMILES string of the molecule is CC(Oc1ccc(C(C)C)cc1)C(=O)NCCCNC(=O)CC#N. The van der Waals surface area contributed by atoms with Crippen molar-refractivity contribution in [2.24, 2.45) is 0 Å². The zero-order valence-corrected chi connectivity index (χ0v) is 14.5. The Morgan fingerprint density at radius 1 is 1.12 bits per heavy atom. The van der Waals surface area contributed by atoms with E-state index in [-0.39, 0.29) is 18.2 Å². The van der Waals surface area contributed by atoms with Crippen molar-refractivity contribution >= 4 is 11.8 Å². The molecule has 6 heteroatoms. The van der Waals surface area contributed by atoms with Crippen LogP contribution in [0.1, 0.15) is 45.1 Å². The second-order valence-electron chi connectivity index (χ2n) is 5.81. The van der Waals surface area contributed by atoms with E-state index in [0.29, 0.717) is 31.2 Å². The molecule has 1 atom stereocenters. The third-order valence-electron chi connectivity index (χ3n) is 3.44. The predicted molar refractivity (Wildman–Crippen MR) is 91.5 cm³/mol. The second-order valence-corrected chi connectivity index (χ2v) is 5.81. The summed E-state index contributed by atoms with van der Waals surface area (Å²) in [4.78, 5) is 23.0. The molecule has 0 bridgehead atoms. The molecule has 0 saturated carbocycles. The van der Waals surface area contributed by atoms with Gasteiger partial charge in [-0.3, -0.25) is 9.59 Å². The summed E-state index contributed by atoms with van der Waals surface area (Å²) < 4.78 is 5.62. The lowest BCUT2D eigenvalue weighted by Crippen LogP contribution is -2.37. The van der Waals surface area contributed by atoms with E-state index in [0.717, 1.165) is 0 Å². The number of nitrogens with zero attached hydrogens (tertiary/aromatic N) is 1. The number of hydrogen-bond donors (Lipinski definition) is 2. The molecule has 0 aliphatic heterocycles. The maximum atomic E-state index is 12.0. The summed E-state index contributed by atoms with van der Waals surface area (Å²) in [5.74, 6) is 0.607. The van der Waals surface area contributed by atoms with Gasteiger partial charge in [-0.1, -0.05) is 26.0 Å². The monoisotopic (exact) mass is 331 g/mol. The van der Waals surface area contributed by atoms with Crippen LogP contribution in [0, 0.1) is 11.3 Å². The highest BCUT2D eigenvalue weighted by Crippen LogP contribution is 2.19. The first-order valence-corrected chi connectivity index (χ1v) is 8.12. The van der Waals surface area contributed by atoms with E-state index >= 15 is 0 Å². The average molecular weight is 331 g/mol. The van der Waals surface area contributed by atoms with E-state index in [2.05, 4.69) is 24.5 Å². The zero-order chi connectivity index (χ0) is 17.9. The number of rotatable bonds is 9. The molecule has 2 N–H and O–H groups in total. The number of carbonyl (C=O) groups excluding carboxylic acids is 2. The molecule has 1 aromatic rings. The van der Waals surface area contributed by atoms with Gasteiger partial charge < -0.3 is 15.4 Å². The molecule has 0 heterocycles. The summed E-state index contributed by atoms with van der Waals surface area (Å²) in [6, 6.07) is 9.49. The van der Waals surface area contributed by atoms with Gasteiger partial charge in [0.25, 0.3) is 5.91 Å². The average Bonchev–Trinajstić information content (AvgIpc) is 2.55. The Bertz CT molecular complexity index is 576. The fraction of sp³-hybridized carbons (Fsp3) is 0.500. The highest BCUT2D eigenvalue weighted by molar-refractivity contribution is 5.80. The highest BCUT2D eigenvalue weighted by atomic mass is 16.5. The Labute approximate surface area is 143 Å². The minimum atomic E-state index is -0.594. The van der Waals surface area contributed by atoms with Crippen molar-refractivity contribution in [1.82, 2.24) is 10.6 Å². The molecule has 0 spiro atoms. The maximum absolute atomic E-state index is 12.0. The van der Waals surface area contributed by atoms with Gasteiger partial charge in [0.05, 0.1) is 6.07 Å². The number of nitriles is 1. The third-order valence-corrected chi connectivity index (χ3v) is 3.44. The van der Waals surface area contributed by atoms with Crippen molar-refractivity contribution in [3.05, 3.63) is 29.8 Å². The van der Waals surface area contributed by atoms with Crippen LogP contribution in [-0.2, 0) is 9.59 Å². The van der Waals surface area contributed by atoms with Crippen molar-refractivity contribution < 1.29 is 14.3 Å². The van der Waals surface area contributed by atoms with Crippen molar-refractivity contribution in [3.63, 3.8) is 0 Å². The van der Waals surface area contributed by atoms with Crippen LogP contribution >= 0.6 is 0 Å². The summed E-state index contributed by atoms with van der Waals surface area (Å²) in [5, 5.41) is 13.7. The Hall–Kier alpha value is -2.55. The Morgan fingerprint density at radius 2 is 1.75 bits per heavy atom. The number of benzene rings is 1. The number of ether oxygens (including phenoxy) is 1. The van der Waals surface area contributed by atoms with Gasteiger partial charge in [-0.05, 0) is 37.0 Å². The molecule has 0 fully saturated rings. The number of amides is 2. The molecular formula is C18H25N3O3. The lowest BCUT2D eigenvalue weighted by molar-refractivity contribution is -0.127. The van der Waals surface area contributed by atoms with Crippen molar-refractivity contribution in [2.45, 2.75) is 45.6 Å². The smallest absolute Gasteiger partial charge is 0.260 e. The molecule has 1 rings (SSSR count). The van der Waals surface area contributed by atoms with E-state index < -0.39 is 6.10 Å². The fourth-order valence-electron chi connectivity index (χ4n) is 1.99. The van der Waals surface area contributed by atoms with Gasteiger partial charge in [0.1, 0.15) is 12.2 Å². The molecule has 130 valence electrons. The van der Waals surface area contributed by atoms with Gasteiger partial charge in [-0.15, -0.1) is 0 Å². The largest absolute Gasteiger partial charge is 0.481 e. The molecule has 24 heavy (non-hydrogen) atoms. The fourth-order valence-corrected chi connectivity index (χ4v) is 1.99. The molecule has 0 aliphatic carbocycles. The van der Waals surface area contributed by atoms with E-state index in [9.17, 15) is 9.59 Å². The van der Waals surface area contributed by atoms with Crippen LogP contribution in [0.2, 0.25) is 0 Å². The first kappa shape index (κ1) is 19.5. The zero-order valence-electron chi connectivity index (χ0n) is 14.5. The maximum Gasteiger partial charge on any atom is 0.260 e. The van der Waals surface area contributed by atoms with Gasteiger partial charge in [0, 0.05) is 13.1 Å². The second kappa shape index (κ2) is 10.3. The number of hydrogen-bond acceptors (Lipinski definition) is 4.